The summed E-state index contributed by atoms with van der Waals surface area (Å²) in [5, 5.41) is 3.36. The number of carbonyl (C=O) groups excluding carboxylic acids is 1. The molecule has 6 heteroatoms. The molecule has 1 aromatic carbocycles. The lowest BCUT2D eigenvalue weighted by Gasteiger charge is -2.20. The molecule has 21 heavy (non-hydrogen) atoms. The first kappa shape index (κ1) is 15.9. The lowest BCUT2D eigenvalue weighted by atomic mass is 10.2. The summed E-state index contributed by atoms with van der Waals surface area (Å²) < 4.78 is 0. The Kier molecular flexibility index (Phi) is 5.73. The third kappa shape index (κ3) is 4.03. The fourth-order valence-electron chi connectivity index (χ4n) is 1.97. The van der Waals surface area contributed by atoms with Crippen LogP contribution in [0.25, 0.3) is 0 Å². The highest BCUT2D eigenvalue weighted by Gasteiger charge is 2.18. The fraction of sp³-hybridized carbons (Fsp3) is 0.333. The molecule has 1 aromatic heterocycles. The third-order valence-electron chi connectivity index (χ3n) is 3.12. The molecular formula is C15H18ClN3OS. The molecule has 2 rings (SSSR count). The Hall–Kier alpha value is -1.43. The van der Waals surface area contributed by atoms with Gasteiger partial charge < -0.3 is 10.6 Å². The molecule has 0 fully saturated rings. The highest BCUT2D eigenvalue weighted by atomic mass is 35.5. The van der Waals surface area contributed by atoms with Gasteiger partial charge in [0.05, 0.1) is 5.01 Å². The smallest absolute Gasteiger partial charge is 0.273 e. The van der Waals surface area contributed by atoms with Crippen LogP contribution in [0.1, 0.15) is 28.0 Å². The summed E-state index contributed by atoms with van der Waals surface area (Å²) >= 11 is 7.63. The highest BCUT2D eigenvalue weighted by Crippen LogP contribution is 2.19. The van der Waals surface area contributed by atoms with Crippen LogP contribution in [0.5, 0.6) is 0 Å². The SMILES string of the molecule is CCN(Cc1ccccc1Cl)C(=O)c1csc(CCN)n1. The third-order valence-corrected chi connectivity index (χ3v) is 4.39. The standard InChI is InChI=1S/C15H18ClN3OS/c1-2-19(9-11-5-3-4-6-12(11)16)15(20)13-10-21-14(18-13)7-8-17/h3-6,10H,2,7-9,17H2,1H3. The van der Waals surface area contributed by atoms with E-state index in [0.717, 1.165) is 10.6 Å². The van der Waals surface area contributed by atoms with Crippen molar-refractivity contribution in [3.63, 3.8) is 0 Å². The van der Waals surface area contributed by atoms with E-state index in [-0.39, 0.29) is 5.91 Å². The van der Waals surface area contributed by atoms with Crippen molar-refractivity contribution in [2.24, 2.45) is 5.73 Å². The number of thiazole rings is 1. The van der Waals surface area contributed by atoms with Gasteiger partial charge in [0, 0.05) is 29.9 Å². The summed E-state index contributed by atoms with van der Waals surface area (Å²) in [7, 11) is 0. The van der Waals surface area contributed by atoms with E-state index in [2.05, 4.69) is 4.98 Å². The maximum atomic E-state index is 12.5. The molecule has 1 heterocycles. The second-order valence-corrected chi connectivity index (χ2v) is 5.93. The van der Waals surface area contributed by atoms with Gasteiger partial charge in [-0.1, -0.05) is 29.8 Å². The Morgan fingerprint density at radius 2 is 2.19 bits per heavy atom. The maximum absolute atomic E-state index is 12.5. The second-order valence-electron chi connectivity index (χ2n) is 4.58. The predicted molar refractivity (Wildman–Crippen MR) is 86.7 cm³/mol. The van der Waals surface area contributed by atoms with Crippen LogP contribution in [0.2, 0.25) is 5.02 Å². The summed E-state index contributed by atoms with van der Waals surface area (Å²) in [5.41, 5.74) is 6.93. The Morgan fingerprint density at radius 3 is 2.86 bits per heavy atom. The number of hydrogen-bond donors (Lipinski definition) is 1. The first-order valence-corrected chi connectivity index (χ1v) is 8.08. The molecule has 2 N–H and O–H groups in total. The zero-order chi connectivity index (χ0) is 15.2. The van der Waals surface area contributed by atoms with Gasteiger partial charge in [0.2, 0.25) is 0 Å². The number of carbonyl (C=O) groups is 1. The average Bonchev–Trinajstić information content (AvgIpc) is 2.95. The van der Waals surface area contributed by atoms with Gasteiger partial charge in [-0.25, -0.2) is 4.98 Å². The molecule has 0 atom stereocenters. The van der Waals surface area contributed by atoms with Crippen LogP contribution in [0, 0.1) is 0 Å². The van der Waals surface area contributed by atoms with Crippen LogP contribution in [-0.4, -0.2) is 28.9 Å². The minimum absolute atomic E-state index is 0.0723. The Labute approximate surface area is 133 Å². The molecule has 0 aliphatic heterocycles. The molecule has 1 amide bonds. The molecule has 0 saturated carbocycles. The maximum Gasteiger partial charge on any atom is 0.273 e. The van der Waals surface area contributed by atoms with Crippen LogP contribution >= 0.6 is 22.9 Å². The number of halogens is 1. The number of hydrogen-bond acceptors (Lipinski definition) is 4. The zero-order valence-corrected chi connectivity index (χ0v) is 13.5. The van der Waals surface area contributed by atoms with E-state index >= 15 is 0 Å². The Bertz CT molecular complexity index is 614. The molecule has 4 nitrogen and oxygen atoms in total. The van der Waals surface area contributed by atoms with Crippen LogP contribution in [0.15, 0.2) is 29.6 Å². The van der Waals surface area contributed by atoms with Crippen LogP contribution in [0.3, 0.4) is 0 Å². The van der Waals surface area contributed by atoms with Gasteiger partial charge in [-0.2, -0.15) is 0 Å². The van der Waals surface area contributed by atoms with Crippen molar-refractivity contribution in [2.75, 3.05) is 13.1 Å². The average molecular weight is 324 g/mol. The van der Waals surface area contributed by atoms with E-state index in [1.54, 1.807) is 10.3 Å². The van der Waals surface area contributed by atoms with Gasteiger partial charge in [0.25, 0.3) is 5.91 Å². The summed E-state index contributed by atoms with van der Waals surface area (Å²) in [4.78, 5) is 18.6. The fourth-order valence-corrected chi connectivity index (χ4v) is 2.95. The molecule has 2 aromatic rings. The van der Waals surface area contributed by atoms with Crippen LogP contribution in [-0.2, 0) is 13.0 Å². The van der Waals surface area contributed by atoms with E-state index < -0.39 is 0 Å². The minimum atomic E-state index is -0.0723. The lowest BCUT2D eigenvalue weighted by molar-refractivity contribution is 0.0747. The minimum Gasteiger partial charge on any atom is -0.333 e. The first-order valence-electron chi connectivity index (χ1n) is 6.82. The van der Waals surface area contributed by atoms with Gasteiger partial charge in [-0.15, -0.1) is 11.3 Å². The number of amides is 1. The molecule has 0 spiro atoms. The molecule has 0 aliphatic rings. The van der Waals surface area contributed by atoms with Crippen molar-refractivity contribution < 1.29 is 4.79 Å². The lowest BCUT2D eigenvalue weighted by Crippen LogP contribution is -2.30. The van der Waals surface area contributed by atoms with Crippen LogP contribution in [0.4, 0.5) is 0 Å². The molecule has 0 bridgehead atoms. The van der Waals surface area contributed by atoms with Gasteiger partial charge in [0.1, 0.15) is 5.69 Å². The molecule has 0 radical (unpaired) electrons. The van der Waals surface area contributed by atoms with Crippen molar-refractivity contribution in [1.29, 1.82) is 0 Å². The van der Waals surface area contributed by atoms with E-state index in [1.807, 2.05) is 31.2 Å². The topological polar surface area (TPSA) is 59.2 Å². The number of aromatic nitrogens is 1. The summed E-state index contributed by atoms with van der Waals surface area (Å²) in [5.74, 6) is -0.0723. The molecule has 0 saturated heterocycles. The van der Waals surface area contributed by atoms with E-state index in [1.165, 1.54) is 11.3 Å². The second kappa shape index (κ2) is 7.54. The number of benzene rings is 1. The van der Waals surface area contributed by atoms with Crippen molar-refractivity contribution in [3.05, 3.63) is 50.9 Å². The Morgan fingerprint density at radius 1 is 1.43 bits per heavy atom. The van der Waals surface area contributed by atoms with Gasteiger partial charge in [0.15, 0.2) is 0 Å². The molecule has 0 aliphatic carbocycles. The predicted octanol–water partition coefficient (Wildman–Crippen LogP) is 2.96. The number of nitrogens with two attached hydrogens (primary N) is 1. The molecular weight excluding hydrogens is 306 g/mol. The summed E-state index contributed by atoms with van der Waals surface area (Å²) in [6.45, 7) is 3.58. The van der Waals surface area contributed by atoms with Crippen molar-refractivity contribution >= 4 is 28.8 Å². The van der Waals surface area contributed by atoms with E-state index in [9.17, 15) is 4.79 Å². The zero-order valence-electron chi connectivity index (χ0n) is 11.9. The molecule has 0 unspecified atom stereocenters. The highest BCUT2D eigenvalue weighted by molar-refractivity contribution is 7.09. The van der Waals surface area contributed by atoms with Crippen molar-refractivity contribution in [3.8, 4) is 0 Å². The van der Waals surface area contributed by atoms with Crippen LogP contribution < -0.4 is 5.73 Å². The van der Waals surface area contributed by atoms with E-state index in [0.29, 0.717) is 36.8 Å². The first-order chi connectivity index (χ1) is 10.2. The number of nitrogens with zero attached hydrogens (tertiary/aromatic N) is 2. The van der Waals surface area contributed by atoms with Crippen molar-refractivity contribution in [2.45, 2.75) is 19.9 Å². The quantitative estimate of drug-likeness (QED) is 0.889. The van der Waals surface area contributed by atoms with Gasteiger partial charge >= 0.3 is 0 Å². The largest absolute Gasteiger partial charge is 0.333 e. The van der Waals surface area contributed by atoms with Gasteiger partial charge in [-0.3, -0.25) is 4.79 Å². The van der Waals surface area contributed by atoms with E-state index in [4.69, 9.17) is 17.3 Å². The van der Waals surface area contributed by atoms with Crippen molar-refractivity contribution in [1.82, 2.24) is 9.88 Å². The monoisotopic (exact) mass is 323 g/mol. The molecule has 112 valence electrons. The normalized spacial score (nSPS) is 10.6. The summed E-state index contributed by atoms with van der Waals surface area (Å²) in [6.07, 6.45) is 0.703. The number of rotatable bonds is 6. The van der Waals surface area contributed by atoms with Gasteiger partial charge in [-0.05, 0) is 25.1 Å². The Balaban J connectivity index is 2.12. The summed E-state index contributed by atoms with van der Waals surface area (Å²) in [6, 6.07) is 7.56.